The summed E-state index contributed by atoms with van der Waals surface area (Å²) < 4.78 is 6.71. The van der Waals surface area contributed by atoms with Gasteiger partial charge < -0.3 is 10.1 Å². The van der Waals surface area contributed by atoms with Gasteiger partial charge in [-0.15, -0.1) is 0 Å². The Kier molecular flexibility index (Phi) is 5.62. The van der Waals surface area contributed by atoms with Crippen LogP contribution in [0.2, 0.25) is 0 Å². The van der Waals surface area contributed by atoms with Gasteiger partial charge in [-0.05, 0) is 12.1 Å². The zero-order chi connectivity index (χ0) is 17.6. The van der Waals surface area contributed by atoms with Gasteiger partial charge in [-0.3, -0.25) is 24.0 Å². The number of H-pyrrole nitrogens is 1. The van der Waals surface area contributed by atoms with Crippen LogP contribution in [0.4, 0.5) is 0 Å². The molecule has 0 unspecified atom stereocenters. The summed E-state index contributed by atoms with van der Waals surface area (Å²) in [5, 5.41) is 3.31. The minimum Gasteiger partial charge on any atom is -0.379 e. The summed E-state index contributed by atoms with van der Waals surface area (Å²) in [5.41, 5.74) is -0.367. The first-order valence-electron chi connectivity index (χ1n) is 8.44. The molecule has 1 fully saturated rings. The van der Waals surface area contributed by atoms with Gasteiger partial charge in [-0.1, -0.05) is 12.1 Å². The minimum atomic E-state index is -0.496. The molecule has 0 saturated carbocycles. The number of hydrogen-bond donors (Lipinski definition) is 2. The highest BCUT2D eigenvalue weighted by Gasteiger charge is 2.11. The van der Waals surface area contributed by atoms with Crippen molar-refractivity contribution >= 4 is 16.8 Å². The Hall–Kier alpha value is -2.45. The number of nitrogens with zero attached hydrogens (tertiary/aromatic N) is 2. The standard InChI is InChI=1S/C17H22N4O4/c22-15(18-6-8-20-9-11-25-12-10-20)5-7-21-14-4-2-1-3-13(14)16(23)19-17(21)24/h1-4H,5-12H2,(H,18,22)(H,19,23,24). The Labute approximate surface area is 144 Å². The van der Waals surface area contributed by atoms with Crippen LogP contribution in [-0.2, 0) is 16.1 Å². The molecular weight excluding hydrogens is 324 g/mol. The van der Waals surface area contributed by atoms with E-state index in [0.717, 1.165) is 32.8 Å². The Morgan fingerprint density at radius 1 is 1.16 bits per heavy atom. The molecule has 0 spiro atoms. The molecule has 3 rings (SSSR count). The number of nitrogens with one attached hydrogen (secondary N) is 2. The van der Waals surface area contributed by atoms with E-state index >= 15 is 0 Å². The van der Waals surface area contributed by atoms with E-state index in [-0.39, 0.29) is 18.9 Å². The zero-order valence-electron chi connectivity index (χ0n) is 14.0. The SMILES string of the molecule is O=C(CCn1c(=O)[nH]c(=O)c2ccccc21)NCCN1CCOCC1. The molecule has 1 aliphatic rings. The number of ether oxygens (including phenoxy) is 1. The third kappa shape index (κ3) is 4.34. The molecule has 25 heavy (non-hydrogen) atoms. The van der Waals surface area contributed by atoms with Gasteiger partial charge in [-0.2, -0.15) is 0 Å². The third-order valence-electron chi connectivity index (χ3n) is 4.32. The molecule has 8 nitrogen and oxygen atoms in total. The molecule has 0 radical (unpaired) electrons. The smallest absolute Gasteiger partial charge is 0.328 e. The number of morpholine rings is 1. The molecule has 0 atom stereocenters. The number of aryl methyl sites for hydroxylation is 1. The number of amides is 1. The average Bonchev–Trinajstić information content (AvgIpc) is 2.62. The minimum absolute atomic E-state index is 0.115. The van der Waals surface area contributed by atoms with E-state index < -0.39 is 11.2 Å². The van der Waals surface area contributed by atoms with Crippen LogP contribution in [0.15, 0.2) is 33.9 Å². The van der Waals surface area contributed by atoms with E-state index in [1.807, 2.05) is 0 Å². The van der Waals surface area contributed by atoms with Crippen LogP contribution in [0.25, 0.3) is 10.9 Å². The zero-order valence-corrected chi connectivity index (χ0v) is 14.0. The van der Waals surface area contributed by atoms with E-state index in [0.29, 0.717) is 17.4 Å². The number of benzene rings is 1. The van der Waals surface area contributed by atoms with Crippen molar-refractivity contribution in [1.29, 1.82) is 0 Å². The number of carbonyl (C=O) groups excluding carboxylic acids is 1. The maximum atomic E-state index is 12.0. The Morgan fingerprint density at radius 3 is 2.72 bits per heavy atom. The van der Waals surface area contributed by atoms with Gasteiger partial charge in [0.1, 0.15) is 0 Å². The van der Waals surface area contributed by atoms with Crippen LogP contribution < -0.4 is 16.6 Å². The molecular formula is C17H22N4O4. The fraction of sp³-hybridized carbons (Fsp3) is 0.471. The molecule has 2 heterocycles. The van der Waals surface area contributed by atoms with Gasteiger partial charge in [0, 0.05) is 39.1 Å². The number of hydrogen-bond acceptors (Lipinski definition) is 5. The molecule has 1 aromatic heterocycles. The van der Waals surface area contributed by atoms with E-state index in [1.54, 1.807) is 24.3 Å². The lowest BCUT2D eigenvalue weighted by molar-refractivity contribution is -0.121. The molecule has 0 bridgehead atoms. The van der Waals surface area contributed by atoms with Crippen LogP contribution in [0.1, 0.15) is 6.42 Å². The van der Waals surface area contributed by atoms with Gasteiger partial charge in [0.15, 0.2) is 0 Å². The first kappa shape index (κ1) is 17.4. The van der Waals surface area contributed by atoms with Crippen LogP contribution in [-0.4, -0.2) is 59.8 Å². The Bertz CT molecular complexity index is 852. The summed E-state index contributed by atoms with van der Waals surface area (Å²) in [7, 11) is 0. The quantitative estimate of drug-likeness (QED) is 0.737. The molecule has 0 aliphatic carbocycles. The molecule has 1 saturated heterocycles. The topological polar surface area (TPSA) is 96.4 Å². The molecule has 134 valence electrons. The van der Waals surface area contributed by atoms with Crippen LogP contribution in [0.5, 0.6) is 0 Å². The van der Waals surface area contributed by atoms with E-state index in [2.05, 4.69) is 15.2 Å². The normalized spacial score (nSPS) is 15.4. The predicted octanol–water partition coefficient (Wildman–Crippen LogP) is -0.472. The number of carbonyl (C=O) groups is 1. The maximum Gasteiger partial charge on any atom is 0.328 e. The van der Waals surface area contributed by atoms with Gasteiger partial charge in [0.05, 0.1) is 24.1 Å². The summed E-state index contributed by atoms with van der Waals surface area (Å²) in [4.78, 5) is 40.4. The van der Waals surface area contributed by atoms with Crippen molar-refractivity contribution < 1.29 is 9.53 Å². The highest BCUT2D eigenvalue weighted by atomic mass is 16.5. The second kappa shape index (κ2) is 8.09. The molecule has 2 N–H and O–H groups in total. The molecule has 2 aromatic rings. The Balaban J connectivity index is 1.56. The van der Waals surface area contributed by atoms with Gasteiger partial charge in [0.2, 0.25) is 5.91 Å². The fourth-order valence-electron chi connectivity index (χ4n) is 2.94. The predicted molar refractivity (Wildman–Crippen MR) is 93.7 cm³/mol. The second-order valence-electron chi connectivity index (χ2n) is 5.98. The van der Waals surface area contributed by atoms with Crippen molar-refractivity contribution in [2.24, 2.45) is 0 Å². The van der Waals surface area contributed by atoms with Gasteiger partial charge >= 0.3 is 5.69 Å². The number of rotatable bonds is 6. The van der Waals surface area contributed by atoms with Crippen molar-refractivity contribution in [3.63, 3.8) is 0 Å². The molecule has 1 amide bonds. The lowest BCUT2D eigenvalue weighted by Gasteiger charge is -2.26. The summed E-state index contributed by atoms with van der Waals surface area (Å²) in [5.74, 6) is -0.115. The third-order valence-corrected chi connectivity index (χ3v) is 4.32. The highest BCUT2D eigenvalue weighted by Crippen LogP contribution is 2.07. The first-order chi connectivity index (χ1) is 12.1. The van der Waals surface area contributed by atoms with Gasteiger partial charge in [-0.25, -0.2) is 4.79 Å². The summed E-state index contributed by atoms with van der Waals surface area (Å²) in [6, 6.07) is 6.87. The van der Waals surface area contributed by atoms with E-state index in [1.165, 1.54) is 4.57 Å². The Morgan fingerprint density at radius 2 is 1.92 bits per heavy atom. The fourth-order valence-corrected chi connectivity index (χ4v) is 2.94. The van der Waals surface area contributed by atoms with Crippen LogP contribution >= 0.6 is 0 Å². The van der Waals surface area contributed by atoms with E-state index in [9.17, 15) is 14.4 Å². The van der Waals surface area contributed by atoms with Crippen molar-refractivity contribution in [3.05, 3.63) is 45.1 Å². The highest BCUT2D eigenvalue weighted by molar-refractivity contribution is 5.78. The van der Waals surface area contributed by atoms with Crippen molar-refractivity contribution in [3.8, 4) is 0 Å². The largest absolute Gasteiger partial charge is 0.379 e. The molecule has 1 aliphatic heterocycles. The number of fused-ring (bicyclic) bond motifs is 1. The summed E-state index contributed by atoms with van der Waals surface area (Å²) >= 11 is 0. The van der Waals surface area contributed by atoms with Crippen molar-refractivity contribution in [2.75, 3.05) is 39.4 Å². The molecule has 1 aromatic carbocycles. The second-order valence-corrected chi connectivity index (χ2v) is 5.98. The number of aromatic amines is 1. The lowest BCUT2D eigenvalue weighted by Crippen LogP contribution is -2.41. The van der Waals surface area contributed by atoms with Crippen molar-refractivity contribution in [2.45, 2.75) is 13.0 Å². The lowest BCUT2D eigenvalue weighted by atomic mass is 10.2. The maximum absolute atomic E-state index is 12.0. The molecule has 8 heteroatoms. The number of aromatic nitrogens is 2. The van der Waals surface area contributed by atoms with E-state index in [4.69, 9.17) is 4.74 Å². The summed E-state index contributed by atoms with van der Waals surface area (Å²) in [6.45, 7) is 4.81. The number of para-hydroxylation sites is 1. The average molecular weight is 346 g/mol. The van der Waals surface area contributed by atoms with Crippen molar-refractivity contribution in [1.82, 2.24) is 19.8 Å². The van der Waals surface area contributed by atoms with Crippen LogP contribution in [0.3, 0.4) is 0 Å². The van der Waals surface area contributed by atoms with Gasteiger partial charge in [0.25, 0.3) is 5.56 Å². The summed E-state index contributed by atoms with van der Waals surface area (Å²) in [6.07, 6.45) is 0.180. The first-order valence-corrected chi connectivity index (χ1v) is 8.44. The monoisotopic (exact) mass is 346 g/mol. The van der Waals surface area contributed by atoms with Crippen LogP contribution in [0, 0.1) is 0 Å².